The molecule has 1 aromatic heterocycles. The standard InChI is InChI=1S/C15H17ClN2O/c1-11(19)15-8-7-13(9-17-15)18(2)10-12-5-3-4-6-14(12)16/h3-9,11,19H,10H2,1-2H3. The monoisotopic (exact) mass is 276 g/mol. The summed E-state index contributed by atoms with van der Waals surface area (Å²) < 4.78 is 0. The van der Waals surface area contributed by atoms with Crippen molar-refractivity contribution in [2.45, 2.75) is 19.6 Å². The number of hydrogen-bond acceptors (Lipinski definition) is 3. The number of nitrogens with zero attached hydrogens (tertiary/aromatic N) is 2. The Bertz CT molecular complexity index is 540. The van der Waals surface area contributed by atoms with Crippen molar-refractivity contribution in [1.29, 1.82) is 0 Å². The number of hydrogen-bond donors (Lipinski definition) is 1. The number of pyridine rings is 1. The smallest absolute Gasteiger partial charge is 0.0931 e. The van der Waals surface area contributed by atoms with Gasteiger partial charge in [0.25, 0.3) is 0 Å². The normalized spacial score (nSPS) is 12.2. The van der Waals surface area contributed by atoms with Gasteiger partial charge in [-0.15, -0.1) is 0 Å². The molecule has 0 amide bonds. The molecule has 0 aliphatic carbocycles. The van der Waals surface area contributed by atoms with E-state index < -0.39 is 6.10 Å². The van der Waals surface area contributed by atoms with Crippen molar-refractivity contribution in [3.8, 4) is 0 Å². The lowest BCUT2D eigenvalue weighted by Crippen LogP contribution is -2.17. The van der Waals surface area contributed by atoms with Crippen LogP contribution in [0.5, 0.6) is 0 Å². The molecule has 0 saturated carbocycles. The third-order valence-corrected chi connectivity index (χ3v) is 3.37. The van der Waals surface area contributed by atoms with Gasteiger partial charge < -0.3 is 10.0 Å². The number of aliphatic hydroxyl groups is 1. The molecule has 0 bridgehead atoms. The first kappa shape index (κ1) is 13.8. The van der Waals surface area contributed by atoms with E-state index in [4.69, 9.17) is 11.6 Å². The van der Waals surface area contributed by atoms with Crippen LogP contribution >= 0.6 is 11.6 Å². The lowest BCUT2D eigenvalue weighted by atomic mass is 10.2. The molecular weight excluding hydrogens is 260 g/mol. The van der Waals surface area contributed by atoms with Gasteiger partial charge in [-0.25, -0.2) is 0 Å². The van der Waals surface area contributed by atoms with Crippen LogP contribution in [-0.2, 0) is 6.54 Å². The molecule has 0 saturated heterocycles. The second-order valence-corrected chi connectivity index (χ2v) is 4.97. The summed E-state index contributed by atoms with van der Waals surface area (Å²) in [7, 11) is 1.99. The highest BCUT2D eigenvalue weighted by molar-refractivity contribution is 6.31. The van der Waals surface area contributed by atoms with Crippen molar-refractivity contribution in [1.82, 2.24) is 4.98 Å². The number of halogens is 1. The van der Waals surface area contributed by atoms with Crippen molar-refractivity contribution < 1.29 is 5.11 Å². The van der Waals surface area contributed by atoms with Crippen molar-refractivity contribution in [2.24, 2.45) is 0 Å². The number of anilines is 1. The largest absolute Gasteiger partial charge is 0.387 e. The molecule has 1 atom stereocenters. The van der Waals surface area contributed by atoms with Crippen LogP contribution in [0.25, 0.3) is 0 Å². The van der Waals surface area contributed by atoms with E-state index >= 15 is 0 Å². The van der Waals surface area contributed by atoms with Crippen LogP contribution in [0.4, 0.5) is 5.69 Å². The Labute approximate surface area is 118 Å². The van der Waals surface area contributed by atoms with E-state index in [9.17, 15) is 5.11 Å². The van der Waals surface area contributed by atoms with Gasteiger partial charge in [0.15, 0.2) is 0 Å². The molecule has 1 heterocycles. The molecule has 100 valence electrons. The zero-order chi connectivity index (χ0) is 13.8. The molecule has 1 aromatic carbocycles. The van der Waals surface area contributed by atoms with E-state index in [0.717, 1.165) is 22.8 Å². The van der Waals surface area contributed by atoms with Crippen LogP contribution in [0.3, 0.4) is 0 Å². The quantitative estimate of drug-likeness (QED) is 0.929. The summed E-state index contributed by atoms with van der Waals surface area (Å²) in [4.78, 5) is 6.31. The Morgan fingerprint density at radius 2 is 2.00 bits per heavy atom. The van der Waals surface area contributed by atoms with Crippen molar-refractivity contribution in [2.75, 3.05) is 11.9 Å². The maximum atomic E-state index is 9.43. The molecule has 4 heteroatoms. The number of rotatable bonds is 4. The molecule has 19 heavy (non-hydrogen) atoms. The molecule has 0 fully saturated rings. The summed E-state index contributed by atoms with van der Waals surface area (Å²) in [6.45, 7) is 2.42. The maximum Gasteiger partial charge on any atom is 0.0931 e. The van der Waals surface area contributed by atoms with Crippen molar-refractivity contribution in [3.63, 3.8) is 0 Å². The van der Waals surface area contributed by atoms with Crippen LogP contribution in [0, 0.1) is 0 Å². The Kier molecular flexibility index (Phi) is 4.40. The fraction of sp³-hybridized carbons (Fsp3) is 0.267. The van der Waals surface area contributed by atoms with Crippen LogP contribution in [0.15, 0.2) is 42.6 Å². The first-order valence-corrected chi connectivity index (χ1v) is 6.54. The fourth-order valence-corrected chi connectivity index (χ4v) is 2.04. The van der Waals surface area contributed by atoms with Gasteiger partial charge in [0.05, 0.1) is 23.7 Å². The average Bonchev–Trinajstić information content (AvgIpc) is 2.41. The van der Waals surface area contributed by atoms with Gasteiger partial charge in [-0.2, -0.15) is 0 Å². The Morgan fingerprint density at radius 1 is 1.26 bits per heavy atom. The summed E-state index contributed by atoms with van der Waals surface area (Å²) in [5, 5.41) is 10.2. The van der Waals surface area contributed by atoms with E-state index in [0.29, 0.717) is 5.69 Å². The summed E-state index contributed by atoms with van der Waals surface area (Å²) in [5.74, 6) is 0. The first-order valence-electron chi connectivity index (χ1n) is 6.16. The molecule has 0 spiro atoms. The van der Waals surface area contributed by atoms with Crippen LogP contribution < -0.4 is 4.90 Å². The summed E-state index contributed by atoms with van der Waals surface area (Å²) in [5.41, 5.74) is 2.74. The van der Waals surface area contributed by atoms with Gasteiger partial charge in [-0.05, 0) is 30.7 Å². The van der Waals surface area contributed by atoms with Gasteiger partial charge >= 0.3 is 0 Å². The third-order valence-electron chi connectivity index (χ3n) is 3.00. The summed E-state index contributed by atoms with van der Waals surface area (Å²) in [6, 6.07) is 11.6. The van der Waals surface area contributed by atoms with Gasteiger partial charge in [-0.1, -0.05) is 29.8 Å². The second-order valence-electron chi connectivity index (χ2n) is 4.56. The predicted molar refractivity (Wildman–Crippen MR) is 78.4 cm³/mol. The Hall–Kier alpha value is -1.58. The Morgan fingerprint density at radius 3 is 2.58 bits per heavy atom. The molecule has 2 rings (SSSR count). The van der Waals surface area contributed by atoms with Gasteiger partial charge in [0, 0.05) is 18.6 Å². The summed E-state index contributed by atoms with van der Waals surface area (Å²) in [6.07, 6.45) is 1.22. The number of benzene rings is 1. The average molecular weight is 277 g/mol. The molecule has 1 N–H and O–H groups in total. The van der Waals surface area contributed by atoms with Crippen LogP contribution in [-0.4, -0.2) is 17.1 Å². The van der Waals surface area contributed by atoms with E-state index in [2.05, 4.69) is 9.88 Å². The van der Waals surface area contributed by atoms with Gasteiger partial charge in [0.2, 0.25) is 0 Å². The first-order chi connectivity index (χ1) is 9.08. The molecule has 0 radical (unpaired) electrons. The van der Waals surface area contributed by atoms with E-state index in [1.807, 2.05) is 43.4 Å². The fourth-order valence-electron chi connectivity index (χ4n) is 1.84. The van der Waals surface area contributed by atoms with Crippen molar-refractivity contribution in [3.05, 3.63) is 58.9 Å². The molecule has 0 aliphatic rings. The predicted octanol–water partition coefficient (Wildman–Crippen LogP) is 3.42. The molecule has 3 nitrogen and oxygen atoms in total. The minimum atomic E-state index is -0.539. The zero-order valence-electron chi connectivity index (χ0n) is 11.0. The van der Waals surface area contributed by atoms with E-state index in [1.165, 1.54) is 0 Å². The molecule has 2 aromatic rings. The maximum absolute atomic E-state index is 9.43. The molecule has 0 aliphatic heterocycles. The van der Waals surface area contributed by atoms with Crippen molar-refractivity contribution >= 4 is 17.3 Å². The van der Waals surface area contributed by atoms with Gasteiger partial charge in [0.1, 0.15) is 0 Å². The van der Waals surface area contributed by atoms with Crippen LogP contribution in [0.2, 0.25) is 5.02 Å². The number of aromatic nitrogens is 1. The highest BCUT2D eigenvalue weighted by Crippen LogP contribution is 2.21. The minimum Gasteiger partial charge on any atom is -0.387 e. The van der Waals surface area contributed by atoms with E-state index in [1.54, 1.807) is 13.1 Å². The highest BCUT2D eigenvalue weighted by atomic mass is 35.5. The topological polar surface area (TPSA) is 36.4 Å². The van der Waals surface area contributed by atoms with E-state index in [-0.39, 0.29) is 0 Å². The SMILES string of the molecule is CC(O)c1ccc(N(C)Cc2ccccc2Cl)cn1. The molecule has 1 unspecified atom stereocenters. The minimum absolute atomic E-state index is 0.539. The molecular formula is C15H17ClN2O. The third kappa shape index (κ3) is 3.46. The second kappa shape index (κ2) is 6.04. The summed E-state index contributed by atoms with van der Waals surface area (Å²) >= 11 is 6.15. The number of aliphatic hydroxyl groups excluding tert-OH is 1. The van der Waals surface area contributed by atoms with Gasteiger partial charge in [-0.3, -0.25) is 4.98 Å². The lowest BCUT2D eigenvalue weighted by Gasteiger charge is -2.20. The lowest BCUT2D eigenvalue weighted by molar-refractivity contribution is 0.194. The van der Waals surface area contributed by atoms with Crippen LogP contribution in [0.1, 0.15) is 24.3 Å². The Balaban J connectivity index is 2.12. The zero-order valence-corrected chi connectivity index (χ0v) is 11.8. The highest BCUT2D eigenvalue weighted by Gasteiger charge is 2.07.